The SMILES string of the molecule is N[C@H]1CCCc2c(F)cc(F)cc2[C@H]1O. The van der Waals surface area contributed by atoms with Crippen LogP contribution in [-0.2, 0) is 6.42 Å². The fourth-order valence-corrected chi connectivity index (χ4v) is 2.05. The van der Waals surface area contributed by atoms with Crippen LogP contribution < -0.4 is 5.73 Å². The topological polar surface area (TPSA) is 46.2 Å². The summed E-state index contributed by atoms with van der Waals surface area (Å²) in [6, 6.07) is 1.59. The van der Waals surface area contributed by atoms with Crippen LogP contribution in [0.5, 0.6) is 0 Å². The summed E-state index contributed by atoms with van der Waals surface area (Å²) in [7, 11) is 0. The van der Waals surface area contributed by atoms with Gasteiger partial charge in [-0.1, -0.05) is 0 Å². The van der Waals surface area contributed by atoms with Crippen molar-refractivity contribution >= 4 is 0 Å². The Morgan fingerprint density at radius 1 is 1.33 bits per heavy atom. The molecule has 82 valence electrons. The van der Waals surface area contributed by atoms with Crippen LogP contribution in [0.2, 0.25) is 0 Å². The van der Waals surface area contributed by atoms with Crippen molar-refractivity contribution in [1.29, 1.82) is 0 Å². The molecule has 2 nitrogen and oxygen atoms in total. The molecule has 3 N–H and O–H groups in total. The zero-order valence-corrected chi connectivity index (χ0v) is 8.21. The molecular weight excluding hydrogens is 200 g/mol. The number of hydrogen-bond donors (Lipinski definition) is 2. The van der Waals surface area contributed by atoms with Gasteiger partial charge in [0.2, 0.25) is 0 Å². The molecule has 0 spiro atoms. The molecule has 1 aromatic carbocycles. The predicted molar refractivity (Wildman–Crippen MR) is 52.2 cm³/mol. The Bertz CT molecular complexity index is 381. The van der Waals surface area contributed by atoms with Crippen molar-refractivity contribution in [3.8, 4) is 0 Å². The van der Waals surface area contributed by atoms with Gasteiger partial charge in [0.25, 0.3) is 0 Å². The standard InChI is InChI=1S/C11H13F2NO/c12-6-4-8-7(9(13)5-6)2-1-3-10(14)11(8)15/h4-5,10-11,15H,1-3,14H2/t10-,11+/m0/s1. The summed E-state index contributed by atoms with van der Waals surface area (Å²) in [6.07, 6.45) is 0.879. The zero-order chi connectivity index (χ0) is 11.0. The third kappa shape index (κ3) is 1.87. The average molecular weight is 213 g/mol. The fraction of sp³-hybridized carbons (Fsp3) is 0.455. The molecule has 0 saturated carbocycles. The van der Waals surface area contributed by atoms with Gasteiger partial charge in [-0.2, -0.15) is 0 Å². The molecule has 0 bridgehead atoms. The van der Waals surface area contributed by atoms with Crippen LogP contribution in [0.25, 0.3) is 0 Å². The number of benzene rings is 1. The van der Waals surface area contributed by atoms with Gasteiger partial charge in [0, 0.05) is 12.1 Å². The zero-order valence-electron chi connectivity index (χ0n) is 8.21. The molecule has 1 aliphatic carbocycles. The lowest BCUT2D eigenvalue weighted by Crippen LogP contribution is -2.27. The molecule has 2 rings (SSSR count). The second-order valence-corrected chi connectivity index (χ2v) is 3.96. The van der Waals surface area contributed by atoms with E-state index in [2.05, 4.69) is 0 Å². The molecule has 0 fully saturated rings. The van der Waals surface area contributed by atoms with E-state index in [4.69, 9.17) is 5.73 Å². The van der Waals surface area contributed by atoms with Crippen LogP contribution in [0.3, 0.4) is 0 Å². The first-order valence-electron chi connectivity index (χ1n) is 5.01. The van der Waals surface area contributed by atoms with Gasteiger partial charge in [-0.3, -0.25) is 0 Å². The molecule has 1 aliphatic rings. The number of fused-ring (bicyclic) bond motifs is 1. The van der Waals surface area contributed by atoms with Gasteiger partial charge in [-0.15, -0.1) is 0 Å². The summed E-state index contributed by atoms with van der Waals surface area (Å²) in [4.78, 5) is 0. The lowest BCUT2D eigenvalue weighted by Gasteiger charge is -2.17. The first-order valence-corrected chi connectivity index (χ1v) is 5.01. The highest BCUT2D eigenvalue weighted by Crippen LogP contribution is 2.30. The smallest absolute Gasteiger partial charge is 0.129 e. The van der Waals surface area contributed by atoms with E-state index < -0.39 is 23.8 Å². The maximum absolute atomic E-state index is 13.4. The largest absolute Gasteiger partial charge is 0.387 e. The van der Waals surface area contributed by atoms with Crippen molar-refractivity contribution < 1.29 is 13.9 Å². The molecular formula is C11H13F2NO. The number of hydrogen-bond acceptors (Lipinski definition) is 2. The van der Waals surface area contributed by atoms with Crippen molar-refractivity contribution in [3.05, 3.63) is 34.9 Å². The van der Waals surface area contributed by atoms with E-state index in [0.717, 1.165) is 6.07 Å². The molecule has 1 aromatic rings. The van der Waals surface area contributed by atoms with Crippen molar-refractivity contribution in [2.45, 2.75) is 31.4 Å². The maximum atomic E-state index is 13.4. The molecule has 0 amide bonds. The molecule has 4 heteroatoms. The molecule has 0 unspecified atom stereocenters. The lowest BCUT2D eigenvalue weighted by atomic mass is 9.98. The minimum Gasteiger partial charge on any atom is -0.387 e. The number of aliphatic hydroxyl groups excluding tert-OH is 1. The predicted octanol–water partition coefficient (Wildman–Crippen LogP) is 1.66. The van der Waals surface area contributed by atoms with Gasteiger partial charge in [0.15, 0.2) is 0 Å². The number of rotatable bonds is 0. The van der Waals surface area contributed by atoms with Gasteiger partial charge in [0.05, 0.1) is 6.10 Å². The van der Waals surface area contributed by atoms with Crippen LogP contribution in [-0.4, -0.2) is 11.1 Å². The van der Waals surface area contributed by atoms with E-state index in [1.165, 1.54) is 6.07 Å². The first kappa shape index (κ1) is 10.5. The van der Waals surface area contributed by atoms with Crippen molar-refractivity contribution in [2.24, 2.45) is 5.73 Å². The van der Waals surface area contributed by atoms with Crippen molar-refractivity contribution in [1.82, 2.24) is 0 Å². The van der Waals surface area contributed by atoms with Crippen molar-refractivity contribution in [3.63, 3.8) is 0 Å². The number of aliphatic hydroxyl groups is 1. The van der Waals surface area contributed by atoms with Gasteiger partial charge in [-0.25, -0.2) is 8.78 Å². The summed E-state index contributed by atoms with van der Waals surface area (Å²) in [5.74, 6) is -1.25. The van der Waals surface area contributed by atoms with E-state index in [0.29, 0.717) is 30.4 Å². The lowest BCUT2D eigenvalue weighted by molar-refractivity contribution is 0.143. The molecule has 2 atom stereocenters. The van der Waals surface area contributed by atoms with Crippen LogP contribution >= 0.6 is 0 Å². The molecule has 0 saturated heterocycles. The normalized spacial score (nSPS) is 25.9. The highest BCUT2D eigenvalue weighted by molar-refractivity contribution is 5.33. The quantitative estimate of drug-likeness (QED) is 0.644. The minimum absolute atomic E-state index is 0.303. The minimum atomic E-state index is -0.965. The van der Waals surface area contributed by atoms with E-state index in [-0.39, 0.29) is 0 Å². The Kier molecular flexibility index (Phi) is 2.71. The van der Waals surface area contributed by atoms with Crippen LogP contribution in [0.15, 0.2) is 12.1 Å². The third-order valence-electron chi connectivity index (χ3n) is 2.88. The van der Waals surface area contributed by atoms with E-state index in [1.807, 2.05) is 0 Å². The van der Waals surface area contributed by atoms with Gasteiger partial charge in [-0.05, 0) is 36.5 Å². The Morgan fingerprint density at radius 3 is 2.80 bits per heavy atom. The van der Waals surface area contributed by atoms with Crippen molar-refractivity contribution in [2.75, 3.05) is 0 Å². The monoisotopic (exact) mass is 213 g/mol. The number of halogens is 2. The van der Waals surface area contributed by atoms with Crippen LogP contribution in [0, 0.1) is 11.6 Å². The van der Waals surface area contributed by atoms with Crippen LogP contribution in [0.4, 0.5) is 8.78 Å². The molecule has 0 radical (unpaired) electrons. The van der Waals surface area contributed by atoms with Gasteiger partial charge in [0.1, 0.15) is 11.6 Å². The summed E-state index contributed by atoms with van der Waals surface area (Å²) in [5.41, 5.74) is 6.40. The Labute approximate surface area is 86.7 Å². The second-order valence-electron chi connectivity index (χ2n) is 3.96. The highest BCUT2D eigenvalue weighted by atomic mass is 19.1. The van der Waals surface area contributed by atoms with Gasteiger partial charge < -0.3 is 10.8 Å². The molecule has 15 heavy (non-hydrogen) atoms. The first-order chi connectivity index (χ1) is 7.09. The number of nitrogens with two attached hydrogens (primary N) is 1. The third-order valence-corrected chi connectivity index (χ3v) is 2.88. The summed E-state index contributed by atoms with van der Waals surface area (Å²) in [6.45, 7) is 0. The summed E-state index contributed by atoms with van der Waals surface area (Å²) in [5, 5.41) is 9.80. The summed E-state index contributed by atoms with van der Waals surface area (Å²) >= 11 is 0. The second kappa shape index (κ2) is 3.87. The van der Waals surface area contributed by atoms with Gasteiger partial charge >= 0.3 is 0 Å². The summed E-state index contributed by atoms with van der Waals surface area (Å²) < 4.78 is 26.4. The average Bonchev–Trinajstić information content (AvgIpc) is 2.30. The van der Waals surface area contributed by atoms with E-state index >= 15 is 0 Å². The molecule has 0 heterocycles. The van der Waals surface area contributed by atoms with E-state index in [9.17, 15) is 13.9 Å². The maximum Gasteiger partial charge on any atom is 0.129 e. The van der Waals surface area contributed by atoms with Crippen LogP contribution in [0.1, 0.15) is 30.1 Å². The molecule has 0 aliphatic heterocycles. The molecule has 0 aromatic heterocycles. The Balaban J connectivity index is 2.53. The Hall–Kier alpha value is -1.00. The highest BCUT2D eigenvalue weighted by Gasteiger charge is 2.25. The fourth-order valence-electron chi connectivity index (χ4n) is 2.05. The van der Waals surface area contributed by atoms with E-state index in [1.54, 1.807) is 0 Å². The Morgan fingerprint density at radius 2 is 2.07 bits per heavy atom.